The average Bonchev–Trinajstić information content (AvgIpc) is 3.04. The van der Waals surface area contributed by atoms with Crippen molar-refractivity contribution < 1.29 is 9.52 Å². The highest BCUT2D eigenvalue weighted by molar-refractivity contribution is 5.05. The van der Waals surface area contributed by atoms with Gasteiger partial charge in [-0.05, 0) is 50.9 Å². The van der Waals surface area contributed by atoms with E-state index >= 15 is 0 Å². The van der Waals surface area contributed by atoms with Crippen molar-refractivity contribution in [2.75, 3.05) is 13.1 Å². The van der Waals surface area contributed by atoms with Crippen molar-refractivity contribution in [2.45, 2.75) is 57.6 Å². The summed E-state index contributed by atoms with van der Waals surface area (Å²) in [7, 11) is 0. The molecule has 0 saturated carbocycles. The van der Waals surface area contributed by atoms with Crippen molar-refractivity contribution in [1.29, 1.82) is 0 Å². The maximum Gasteiger partial charge on any atom is 0.106 e. The lowest BCUT2D eigenvalue weighted by Gasteiger charge is -2.44. The van der Waals surface area contributed by atoms with Gasteiger partial charge in [-0.15, -0.1) is 0 Å². The fraction of sp³-hybridized carbons (Fsp3) is 0.733. The summed E-state index contributed by atoms with van der Waals surface area (Å²) in [5, 5.41) is 10.7. The maximum atomic E-state index is 10.7. The number of furan rings is 1. The van der Waals surface area contributed by atoms with E-state index in [1.54, 1.807) is 6.26 Å². The topological polar surface area (TPSA) is 36.6 Å². The Bertz CT molecular complexity index is 337. The zero-order chi connectivity index (χ0) is 13.0. The first-order valence-corrected chi connectivity index (χ1v) is 7.18. The van der Waals surface area contributed by atoms with Gasteiger partial charge in [0.1, 0.15) is 5.76 Å². The first-order valence-electron chi connectivity index (χ1n) is 7.18. The third kappa shape index (κ3) is 2.47. The molecule has 2 rings (SSSR count). The first-order chi connectivity index (χ1) is 8.73. The Balaban J connectivity index is 2.12. The minimum atomic E-state index is -0.350. The minimum Gasteiger partial charge on any atom is -0.469 e. The van der Waals surface area contributed by atoms with Crippen LogP contribution in [0.25, 0.3) is 0 Å². The largest absolute Gasteiger partial charge is 0.469 e. The number of rotatable bonds is 6. The van der Waals surface area contributed by atoms with Gasteiger partial charge in [0.15, 0.2) is 0 Å². The van der Waals surface area contributed by atoms with Crippen molar-refractivity contribution in [3.8, 4) is 0 Å². The molecule has 1 unspecified atom stereocenters. The molecule has 0 radical (unpaired) electrons. The third-order valence-corrected chi connectivity index (χ3v) is 4.56. The molecule has 0 aliphatic carbocycles. The van der Waals surface area contributed by atoms with Crippen molar-refractivity contribution in [3.63, 3.8) is 0 Å². The van der Waals surface area contributed by atoms with Gasteiger partial charge in [0.2, 0.25) is 0 Å². The van der Waals surface area contributed by atoms with E-state index in [0.29, 0.717) is 6.42 Å². The molecule has 2 heterocycles. The Hall–Kier alpha value is -0.800. The van der Waals surface area contributed by atoms with E-state index in [1.165, 1.54) is 12.8 Å². The monoisotopic (exact) mass is 251 g/mol. The standard InChI is InChI=1S/C15H25NO2/c1-3-15(4-2,16-9-5-6-10-16)14(17)12-13-8-7-11-18-13/h7-8,11,14,17H,3-6,9-10,12H2,1-2H3. The average molecular weight is 251 g/mol. The van der Waals surface area contributed by atoms with Crippen LogP contribution in [0.3, 0.4) is 0 Å². The lowest BCUT2D eigenvalue weighted by atomic mass is 9.82. The Morgan fingerprint density at radius 2 is 2.00 bits per heavy atom. The van der Waals surface area contributed by atoms with Crippen LogP contribution in [-0.4, -0.2) is 34.7 Å². The Kier molecular flexibility index (Phi) is 4.46. The number of likely N-dealkylation sites (tertiary alicyclic amines) is 1. The number of hydrogen-bond donors (Lipinski definition) is 1. The fourth-order valence-electron chi connectivity index (χ4n) is 3.35. The summed E-state index contributed by atoms with van der Waals surface area (Å²) < 4.78 is 5.37. The highest BCUT2D eigenvalue weighted by Gasteiger charge is 2.41. The summed E-state index contributed by atoms with van der Waals surface area (Å²) >= 11 is 0. The number of hydrogen-bond acceptors (Lipinski definition) is 3. The van der Waals surface area contributed by atoms with Crippen LogP contribution in [0.5, 0.6) is 0 Å². The van der Waals surface area contributed by atoms with E-state index in [2.05, 4.69) is 18.7 Å². The normalized spacial score (nSPS) is 19.3. The molecular weight excluding hydrogens is 226 g/mol. The summed E-state index contributed by atoms with van der Waals surface area (Å²) in [6.07, 6.45) is 6.45. The second kappa shape index (κ2) is 5.89. The SMILES string of the molecule is CCC(CC)(C(O)Cc1ccco1)N1CCCC1. The smallest absolute Gasteiger partial charge is 0.106 e. The maximum absolute atomic E-state index is 10.7. The van der Waals surface area contributed by atoms with E-state index in [0.717, 1.165) is 31.7 Å². The van der Waals surface area contributed by atoms with Crippen LogP contribution in [0.15, 0.2) is 22.8 Å². The van der Waals surface area contributed by atoms with Gasteiger partial charge in [0.05, 0.1) is 12.4 Å². The van der Waals surface area contributed by atoms with Gasteiger partial charge in [0, 0.05) is 12.0 Å². The van der Waals surface area contributed by atoms with Gasteiger partial charge in [0.25, 0.3) is 0 Å². The predicted octanol–water partition coefficient (Wildman–Crippen LogP) is 2.84. The number of nitrogens with zero attached hydrogens (tertiary/aromatic N) is 1. The minimum absolute atomic E-state index is 0.0801. The second-order valence-electron chi connectivity index (χ2n) is 5.30. The molecule has 0 bridgehead atoms. The van der Waals surface area contributed by atoms with Gasteiger partial charge in [-0.25, -0.2) is 0 Å². The van der Waals surface area contributed by atoms with Crippen molar-refractivity contribution in [1.82, 2.24) is 4.90 Å². The zero-order valence-corrected chi connectivity index (χ0v) is 11.6. The van der Waals surface area contributed by atoms with E-state index in [9.17, 15) is 5.11 Å². The van der Waals surface area contributed by atoms with Crippen LogP contribution in [0.2, 0.25) is 0 Å². The molecular formula is C15H25NO2. The lowest BCUT2D eigenvalue weighted by molar-refractivity contribution is -0.0291. The van der Waals surface area contributed by atoms with Crippen molar-refractivity contribution in [2.24, 2.45) is 0 Å². The van der Waals surface area contributed by atoms with E-state index in [-0.39, 0.29) is 11.6 Å². The summed E-state index contributed by atoms with van der Waals surface area (Å²) in [5.41, 5.74) is -0.0801. The molecule has 0 spiro atoms. The molecule has 1 aromatic heterocycles. The zero-order valence-electron chi connectivity index (χ0n) is 11.6. The molecule has 1 fully saturated rings. The van der Waals surface area contributed by atoms with Gasteiger partial charge in [-0.3, -0.25) is 4.90 Å². The van der Waals surface area contributed by atoms with Crippen molar-refractivity contribution >= 4 is 0 Å². The van der Waals surface area contributed by atoms with Crippen LogP contribution < -0.4 is 0 Å². The molecule has 0 amide bonds. The Labute approximate surface area is 110 Å². The quantitative estimate of drug-likeness (QED) is 0.844. The van der Waals surface area contributed by atoms with Gasteiger partial charge >= 0.3 is 0 Å². The molecule has 102 valence electrons. The molecule has 3 nitrogen and oxygen atoms in total. The molecule has 0 aromatic carbocycles. The summed E-state index contributed by atoms with van der Waals surface area (Å²) in [6, 6.07) is 3.83. The predicted molar refractivity (Wildman–Crippen MR) is 72.5 cm³/mol. The molecule has 1 N–H and O–H groups in total. The van der Waals surface area contributed by atoms with Crippen molar-refractivity contribution in [3.05, 3.63) is 24.2 Å². The second-order valence-corrected chi connectivity index (χ2v) is 5.30. The van der Waals surface area contributed by atoms with Gasteiger partial charge < -0.3 is 9.52 Å². The Morgan fingerprint density at radius 3 is 2.50 bits per heavy atom. The van der Waals surface area contributed by atoms with Crippen LogP contribution in [0.1, 0.15) is 45.3 Å². The first kappa shape index (κ1) is 13.6. The molecule has 1 aliphatic heterocycles. The van der Waals surface area contributed by atoms with Crippen LogP contribution >= 0.6 is 0 Å². The lowest BCUT2D eigenvalue weighted by Crippen LogP contribution is -2.55. The molecule has 18 heavy (non-hydrogen) atoms. The highest BCUT2D eigenvalue weighted by Crippen LogP contribution is 2.33. The number of aliphatic hydroxyl groups excluding tert-OH is 1. The van der Waals surface area contributed by atoms with E-state index in [4.69, 9.17) is 4.42 Å². The molecule has 1 aromatic rings. The van der Waals surface area contributed by atoms with Crippen LogP contribution in [-0.2, 0) is 6.42 Å². The fourth-order valence-corrected chi connectivity index (χ4v) is 3.35. The van der Waals surface area contributed by atoms with E-state index in [1.807, 2.05) is 12.1 Å². The summed E-state index contributed by atoms with van der Waals surface area (Å²) in [6.45, 7) is 6.62. The van der Waals surface area contributed by atoms with E-state index < -0.39 is 0 Å². The third-order valence-electron chi connectivity index (χ3n) is 4.56. The van der Waals surface area contributed by atoms with Gasteiger partial charge in [-0.2, -0.15) is 0 Å². The van der Waals surface area contributed by atoms with Gasteiger partial charge in [-0.1, -0.05) is 13.8 Å². The number of aliphatic hydroxyl groups is 1. The molecule has 1 atom stereocenters. The summed E-state index contributed by atoms with van der Waals surface area (Å²) in [5.74, 6) is 0.882. The molecule has 3 heteroatoms. The van der Waals surface area contributed by atoms with Crippen LogP contribution in [0, 0.1) is 0 Å². The molecule has 1 aliphatic rings. The van der Waals surface area contributed by atoms with Crippen LogP contribution in [0.4, 0.5) is 0 Å². The molecule has 1 saturated heterocycles. The highest BCUT2D eigenvalue weighted by atomic mass is 16.3. The Morgan fingerprint density at radius 1 is 1.33 bits per heavy atom. The summed E-state index contributed by atoms with van der Waals surface area (Å²) in [4.78, 5) is 2.49.